The van der Waals surface area contributed by atoms with Gasteiger partial charge in [0.25, 0.3) is 0 Å². The van der Waals surface area contributed by atoms with Crippen LogP contribution in [0.4, 0.5) is 0 Å². The summed E-state index contributed by atoms with van der Waals surface area (Å²) >= 11 is 5.91. The zero-order valence-corrected chi connectivity index (χ0v) is 11.5. The predicted octanol–water partition coefficient (Wildman–Crippen LogP) is 2.57. The molecule has 0 radical (unpaired) electrons. The van der Waals surface area contributed by atoms with Gasteiger partial charge in [-0.05, 0) is 17.7 Å². The van der Waals surface area contributed by atoms with Crippen LogP contribution in [0.5, 0.6) is 0 Å². The van der Waals surface area contributed by atoms with Gasteiger partial charge in [-0.2, -0.15) is 0 Å². The minimum atomic E-state index is -1.09. The monoisotopic (exact) mass is 282 g/mol. The molecule has 5 heteroatoms. The van der Waals surface area contributed by atoms with Crippen molar-refractivity contribution in [3.63, 3.8) is 0 Å². The van der Waals surface area contributed by atoms with Crippen LogP contribution < -0.4 is 0 Å². The lowest BCUT2D eigenvalue weighted by Gasteiger charge is -2.20. The van der Waals surface area contributed by atoms with E-state index in [4.69, 9.17) is 11.6 Å². The van der Waals surface area contributed by atoms with Gasteiger partial charge in [0, 0.05) is 10.9 Å². The number of rotatable bonds is 5. The molecule has 0 bridgehead atoms. The Morgan fingerprint density at radius 3 is 2.26 bits per heavy atom. The van der Waals surface area contributed by atoms with Crippen molar-refractivity contribution in [2.75, 3.05) is 14.2 Å². The minimum absolute atomic E-state index is 0.512. The highest BCUT2D eigenvalue weighted by atomic mass is 35.5. The van der Waals surface area contributed by atoms with Crippen molar-refractivity contribution in [3.05, 3.63) is 47.5 Å². The molecule has 0 saturated carbocycles. The maximum atomic E-state index is 11.8. The third kappa shape index (κ3) is 3.58. The molecule has 0 saturated heterocycles. The number of esters is 2. The van der Waals surface area contributed by atoms with Crippen molar-refractivity contribution < 1.29 is 19.1 Å². The first-order chi connectivity index (χ1) is 9.04. The highest BCUT2D eigenvalue weighted by Gasteiger charge is 2.36. The minimum Gasteiger partial charge on any atom is -0.468 e. The van der Waals surface area contributed by atoms with Crippen LogP contribution in [0, 0.1) is 5.92 Å². The van der Waals surface area contributed by atoms with Crippen LogP contribution in [-0.2, 0) is 19.1 Å². The number of carbonyl (C=O) groups excluding carboxylic acids is 2. The van der Waals surface area contributed by atoms with E-state index < -0.39 is 23.8 Å². The molecule has 0 spiro atoms. The molecule has 102 valence electrons. The first kappa shape index (κ1) is 15.2. The SMILES string of the molecule is C=C[C@H](c1cccc(Cl)c1)C(C(=O)OC)C(=O)OC. The summed E-state index contributed by atoms with van der Waals surface area (Å²) in [6.45, 7) is 3.66. The highest BCUT2D eigenvalue weighted by Crippen LogP contribution is 2.29. The van der Waals surface area contributed by atoms with Gasteiger partial charge in [0.2, 0.25) is 0 Å². The van der Waals surface area contributed by atoms with Crippen molar-refractivity contribution in [1.82, 2.24) is 0 Å². The van der Waals surface area contributed by atoms with Crippen LogP contribution >= 0.6 is 11.6 Å². The van der Waals surface area contributed by atoms with Crippen LogP contribution in [0.2, 0.25) is 5.02 Å². The van der Waals surface area contributed by atoms with Crippen LogP contribution in [0.3, 0.4) is 0 Å². The quantitative estimate of drug-likeness (QED) is 0.473. The van der Waals surface area contributed by atoms with Gasteiger partial charge >= 0.3 is 11.9 Å². The number of carbonyl (C=O) groups is 2. The summed E-state index contributed by atoms with van der Waals surface area (Å²) in [7, 11) is 2.44. The van der Waals surface area contributed by atoms with Crippen molar-refractivity contribution in [2.45, 2.75) is 5.92 Å². The second-order valence-electron chi connectivity index (χ2n) is 3.84. The number of ether oxygens (including phenoxy) is 2. The second-order valence-corrected chi connectivity index (χ2v) is 4.28. The molecule has 0 fully saturated rings. The van der Waals surface area contributed by atoms with Gasteiger partial charge in [-0.15, -0.1) is 6.58 Å². The molecule has 1 atom stereocenters. The lowest BCUT2D eigenvalue weighted by molar-refractivity contribution is -0.159. The molecule has 0 aliphatic carbocycles. The number of halogens is 1. The fourth-order valence-electron chi connectivity index (χ4n) is 1.82. The number of hydrogen-bond acceptors (Lipinski definition) is 4. The third-order valence-electron chi connectivity index (χ3n) is 2.76. The van der Waals surface area contributed by atoms with Gasteiger partial charge in [-0.1, -0.05) is 29.8 Å². The summed E-state index contributed by atoms with van der Waals surface area (Å²) in [4.78, 5) is 23.5. The van der Waals surface area contributed by atoms with E-state index >= 15 is 0 Å². The molecule has 0 heterocycles. The number of benzene rings is 1. The van der Waals surface area contributed by atoms with Gasteiger partial charge in [0.15, 0.2) is 5.92 Å². The standard InChI is InChI=1S/C14H15ClO4/c1-4-11(9-6-5-7-10(15)8-9)12(13(16)18-2)14(17)19-3/h4-8,11-12H,1H2,2-3H3/t11-/m1/s1. The average molecular weight is 283 g/mol. The topological polar surface area (TPSA) is 52.6 Å². The Kier molecular flexibility index (Phi) is 5.57. The van der Waals surface area contributed by atoms with Crippen molar-refractivity contribution in [3.8, 4) is 0 Å². The first-order valence-corrected chi connectivity index (χ1v) is 5.96. The Balaban J connectivity index is 3.20. The average Bonchev–Trinajstić information content (AvgIpc) is 2.43. The smallest absolute Gasteiger partial charge is 0.321 e. The molecule has 1 aromatic rings. The van der Waals surface area contributed by atoms with Crippen molar-refractivity contribution in [1.29, 1.82) is 0 Å². The molecule has 0 unspecified atom stereocenters. The zero-order chi connectivity index (χ0) is 14.4. The van der Waals surface area contributed by atoms with E-state index in [1.165, 1.54) is 20.3 Å². The van der Waals surface area contributed by atoms with Gasteiger partial charge in [-0.3, -0.25) is 9.59 Å². The molecule has 1 rings (SSSR count). The summed E-state index contributed by atoms with van der Waals surface area (Å²) < 4.78 is 9.30. The predicted molar refractivity (Wildman–Crippen MR) is 71.9 cm³/mol. The Bertz CT molecular complexity index is 468. The van der Waals surface area contributed by atoms with Gasteiger partial charge in [0.05, 0.1) is 14.2 Å². The molecule has 0 aromatic heterocycles. The van der Waals surface area contributed by atoms with Crippen LogP contribution in [0.1, 0.15) is 11.5 Å². The van der Waals surface area contributed by atoms with Crippen LogP contribution in [0.25, 0.3) is 0 Å². The van der Waals surface area contributed by atoms with E-state index in [9.17, 15) is 9.59 Å². The zero-order valence-electron chi connectivity index (χ0n) is 10.8. The fourth-order valence-corrected chi connectivity index (χ4v) is 2.02. The Labute approximate surface area is 117 Å². The van der Waals surface area contributed by atoms with E-state index in [0.29, 0.717) is 10.6 Å². The molecular weight excluding hydrogens is 268 g/mol. The lowest BCUT2D eigenvalue weighted by atomic mass is 9.86. The molecular formula is C14H15ClO4. The Morgan fingerprint density at radius 1 is 1.26 bits per heavy atom. The summed E-state index contributed by atoms with van der Waals surface area (Å²) in [6.07, 6.45) is 1.50. The van der Waals surface area contributed by atoms with Crippen LogP contribution in [0.15, 0.2) is 36.9 Å². The lowest BCUT2D eigenvalue weighted by Crippen LogP contribution is -2.31. The summed E-state index contributed by atoms with van der Waals surface area (Å²) in [5.41, 5.74) is 0.698. The van der Waals surface area contributed by atoms with Gasteiger partial charge < -0.3 is 9.47 Å². The van der Waals surface area contributed by atoms with E-state index in [0.717, 1.165) is 0 Å². The Hall–Kier alpha value is -1.81. The number of allylic oxidation sites excluding steroid dienone is 1. The molecule has 19 heavy (non-hydrogen) atoms. The van der Waals surface area contributed by atoms with E-state index in [-0.39, 0.29) is 0 Å². The van der Waals surface area contributed by atoms with E-state index in [1.807, 2.05) is 0 Å². The van der Waals surface area contributed by atoms with Crippen molar-refractivity contribution >= 4 is 23.5 Å². The normalized spacial score (nSPS) is 11.8. The fraction of sp³-hybridized carbons (Fsp3) is 0.286. The van der Waals surface area contributed by atoms with E-state index in [2.05, 4.69) is 16.1 Å². The van der Waals surface area contributed by atoms with Crippen molar-refractivity contribution in [2.24, 2.45) is 5.92 Å². The van der Waals surface area contributed by atoms with Crippen LogP contribution in [-0.4, -0.2) is 26.2 Å². The number of hydrogen-bond donors (Lipinski definition) is 0. The molecule has 0 aliphatic heterocycles. The third-order valence-corrected chi connectivity index (χ3v) is 2.99. The van der Waals surface area contributed by atoms with E-state index in [1.54, 1.807) is 24.3 Å². The maximum Gasteiger partial charge on any atom is 0.321 e. The molecule has 0 N–H and O–H groups in total. The number of methoxy groups -OCH3 is 2. The van der Waals surface area contributed by atoms with Gasteiger partial charge in [-0.25, -0.2) is 0 Å². The molecule has 4 nitrogen and oxygen atoms in total. The largest absolute Gasteiger partial charge is 0.468 e. The molecule has 0 amide bonds. The molecule has 0 aliphatic rings. The summed E-state index contributed by atoms with van der Waals surface area (Å²) in [6, 6.07) is 6.88. The maximum absolute atomic E-state index is 11.8. The first-order valence-electron chi connectivity index (χ1n) is 5.58. The highest BCUT2D eigenvalue weighted by molar-refractivity contribution is 6.30. The summed E-state index contributed by atoms with van der Waals surface area (Å²) in [5, 5.41) is 0.512. The summed E-state index contributed by atoms with van der Waals surface area (Å²) in [5.74, 6) is -2.99. The second kappa shape index (κ2) is 6.95. The Morgan fingerprint density at radius 2 is 1.84 bits per heavy atom. The molecule has 1 aromatic carbocycles. The van der Waals surface area contributed by atoms with Gasteiger partial charge in [0.1, 0.15) is 0 Å².